The topological polar surface area (TPSA) is 41.4 Å². The van der Waals surface area contributed by atoms with Crippen LogP contribution in [0, 0.1) is 0 Å². The standard InChI is InChI=1S/C9H10N4Se.ClH/c1-13(2)6-10-7-4-3-5-8-9(7)12-14-11-8;/h3-6H,1-2H3;1H. The van der Waals surface area contributed by atoms with Crippen molar-refractivity contribution >= 4 is 50.4 Å². The monoisotopic (exact) mass is 290 g/mol. The van der Waals surface area contributed by atoms with Crippen LogP contribution in [0.3, 0.4) is 0 Å². The maximum Gasteiger partial charge on any atom is -0.147 e. The van der Waals surface area contributed by atoms with E-state index in [0.717, 1.165) is 16.7 Å². The number of hydrogen-bond acceptors (Lipinski definition) is 3. The van der Waals surface area contributed by atoms with Gasteiger partial charge in [-0.05, 0) is 0 Å². The molecule has 0 aliphatic rings. The minimum atomic E-state index is 0. The molecule has 0 saturated heterocycles. The number of aromatic nitrogens is 2. The second-order valence-corrected chi connectivity index (χ2v) is 4.23. The molecule has 0 unspecified atom stereocenters. The molecule has 0 spiro atoms. The summed E-state index contributed by atoms with van der Waals surface area (Å²) < 4.78 is 8.64. The summed E-state index contributed by atoms with van der Waals surface area (Å²) in [7, 11) is 3.89. The summed E-state index contributed by atoms with van der Waals surface area (Å²) in [4.78, 5) is 6.23. The van der Waals surface area contributed by atoms with Gasteiger partial charge in [0.25, 0.3) is 0 Å². The Bertz CT molecular complexity index is 466. The third kappa shape index (κ3) is 2.78. The minimum Gasteiger partial charge on any atom is -0.147 e. The predicted molar refractivity (Wildman–Crippen MR) is 65.6 cm³/mol. The Kier molecular flexibility index (Phi) is 4.27. The van der Waals surface area contributed by atoms with E-state index in [1.54, 1.807) is 6.34 Å². The third-order valence-electron chi connectivity index (χ3n) is 1.69. The maximum absolute atomic E-state index is 4.34. The van der Waals surface area contributed by atoms with Crippen LogP contribution in [0.2, 0.25) is 0 Å². The van der Waals surface area contributed by atoms with Gasteiger partial charge in [0.2, 0.25) is 0 Å². The molecule has 1 aromatic heterocycles. The van der Waals surface area contributed by atoms with Gasteiger partial charge in [0.15, 0.2) is 0 Å². The summed E-state index contributed by atoms with van der Waals surface area (Å²) in [5, 5.41) is 0. The predicted octanol–water partition coefficient (Wildman–Crippen LogP) is 1.33. The molecule has 0 bridgehead atoms. The molecule has 1 heterocycles. The Hall–Kier alpha value is -0.901. The fraction of sp³-hybridized carbons (Fsp3) is 0.222. The average Bonchev–Trinajstić information content (AvgIpc) is 2.62. The molecule has 0 amide bonds. The van der Waals surface area contributed by atoms with Gasteiger partial charge in [-0.1, -0.05) is 0 Å². The molecule has 0 aliphatic heterocycles. The zero-order valence-electron chi connectivity index (χ0n) is 8.41. The Balaban J connectivity index is 0.00000112. The molecule has 80 valence electrons. The minimum absolute atomic E-state index is 0. The molecular formula is C9H11ClN4Se. The van der Waals surface area contributed by atoms with Crippen LogP contribution in [0.1, 0.15) is 0 Å². The molecule has 15 heavy (non-hydrogen) atoms. The third-order valence-corrected chi connectivity index (χ3v) is 2.83. The first-order valence-electron chi connectivity index (χ1n) is 4.19. The van der Waals surface area contributed by atoms with Crippen molar-refractivity contribution in [2.24, 2.45) is 4.99 Å². The van der Waals surface area contributed by atoms with Gasteiger partial charge < -0.3 is 0 Å². The number of halogens is 1. The first-order chi connectivity index (χ1) is 6.77. The summed E-state index contributed by atoms with van der Waals surface area (Å²) in [6.45, 7) is 0. The number of rotatable bonds is 2. The van der Waals surface area contributed by atoms with Crippen LogP contribution >= 0.6 is 12.4 Å². The van der Waals surface area contributed by atoms with Gasteiger partial charge in [-0.15, -0.1) is 12.4 Å². The molecule has 0 N–H and O–H groups in total. The molecule has 6 heteroatoms. The number of aliphatic imine (C=N–C) groups is 1. The van der Waals surface area contributed by atoms with Gasteiger partial charge in [0.1, 0.15) is 0 Å². The number of nitrogens with zero attached hydrogens (tertiary/aromatic N) is 4. The van der Waals surface area contributed by atoms with Crippen LogP contribution in [0.15, 0.2) is 23.2 Å². The molecule has 0 aliphatic carbocycles. The molecule has 0 fully saturated rings. The van der Waals surface area contributed by atoms with Crippen molar-refractivity contribution in [1.82, 2.24) is 12.9 Å². The van der Waals surface area contributed by atoms with E-state index in [0.29, 0.717) is 0 Å². The van der Waals surface area contributed by atoms with E-state index in [1.165, 1.54) is 0 Å². The van der Waals surface area contributed by atoms with Crippen LogP contribution in [0.4, 0.5) is 5.69 Å². The molecule has 1 aromatic carbocycles. The van der Waals surface area contributed by atoms with E-state index in [-0.39, 0.29) is 27.4 Å². The van der Waals surface area contributed by atoms with Gasteiger partial charge in [0.05, 0.1) is 0 Å². The Morgan fingerprint density at radius 1 is 1.33 bits per heavy atom. The molecular weight excluding hydrogens is 279 g/mol. The molecule has 0 atom stereocenters. The van der Waals surface area contributed by atoms with Gasteiger partial charge in [0, 0.05) is 0 Å². The second-order valence-electron chi connectivity index (χ2n) is 3.12. The zero-order chi connectivity index (χ0) is 9.97. The SMILES string of the molecule is CN(C)C=Nc1cccc2n[se]nc12.Cl. The quantitative estimate of drug-likeness (QED) is 0.476. The van der Waals surface area contributed by atoms with Crippen LogP contribution in [-0.2, 0) is 0 Å². The largest absolute Gasteiger partial charge is 0.147 e. The Labute approximate surface area is 101 Å². The van der Waals surface area contributed by atoms with E-state index < -0.39 is 0 Å². The fourth-order valence-electron chi connectivity index (χ4n) is 1.07. The van der Waals surface area contributed by atoms with Gasteiger partial charge in [-0.3, -0.25) is 0 Å². The number of benzene rings is 1. The van der Waals surface area contributed by atoms with E-state index in [9.17, 15) is 0 Å². The van der Waals surface area contributed by atoms with Crippen LogP contribution < -0.4 is 0 Å². The Morgan fingerprint density at radius 3 is 2.87 bits per heavy atom. The van der Waals surface area contributed by atoms with Gasteiger partial charge >= 0.3 is 88.2 Å². The average molecular weight is 290 g/mol. The van der Waals surface area contributed by atoms with Crippen molar-refractivity contribution in [2.45, 2.75) is 0 Å². The fourth-order valence-corrected chi connectivity index (χ4v) is 2.22. The van der Waals surface area contributed by atoms with E-state index in [4.69, 9.17) is 0 Å². The summed E-state index contributed by atoms with van der Waals surface area (Å²) in [6.07, 6.45) is 1.77. The zero-order valence-corrected chi connectivity index (χ0v) is 10.9. The number of fused-ring (bicyclic) bond motifs is 1. The van der Waals surface area contributed by atoms with E-state index in [1.807, 2.05) is 37.2 Å². The first-order valence-corrected chi connectivity index (χ1v) is 5.72. The molecule has 0 radical (unpaired) electrons. The van der Waals surface area contributed by atoms with Crippen molar-refractivity contribution < 1.29 is 0 Å². The van der Waals surface area contributed by atoms with E-state index in [2.05, 4.69) is 13.0 Å². The first kappa shape index (κ1) is 12.2. The van der Waals surface area contributed by atoms with Crippen molar-refractivity contribution in [2.75, 3.05) is 14.1 Å². The second kappa shape index (κ2) is 5.26. The van der Waals surface area contributed by atoms with Crippen molar-refractivity contribution in [3.05, 3.63) is 18.2 Å². The molecule has 2 aromatic rings. The van der Waals surface area contributed by atoms with E-state index >= 15 is 0 Å². The summed E-state index contributed by atoms with van der Waals surface area (Å²) in [5.74, 6) is 0. The summed E-state index contributed by atoms with van der Waals surface area (Å²) in [5.41, 5.74) is 2.81. The van der Waals surface area contributed by atoms with Gasteiger partial charge in [-0.2, -0.15) is 0 Å². The summed E-state index contributed by atoms with van der Waals surface area (Å²) >= 11 is 0.0199. The smallest absolute Gasteiger partial charge is 0.147 e. The maximum atomic E-state index is 4.34. The van der Waals surface area contributed by atoms with Crippen molar-refractivity contribution in [3.8, 4) is 0 Å². The Morgan fingerprint density at radius 2 is 2.13 bits per heavy atom. The molecule has 2 rings (SSSR count). The molecule has 4 nitrogen and oxygen atoms in total. The van der Waals surface area contributed by atoms with Crippen LogP contribution in [-0.4, -0.2) is 48.3 Å². The molecule has 0 saturated carbocycles. The van der Waals surface area contributed by atoms with Crippen LogP contribution in [0.25, 0.3) is 11.0 Å². The van der Waals surface area contributed by atoms with Gasteiger partial charge in [-0.25, -0.2) is 0 Å². The normalized spacial score (nSPS) is 10.5. The summed E-state index contributed by atoms with van der Waals surface area (Å²) in [6, 6.07) is 5.89. The van der Waals surface area contributed by atoms with Crippen molar-refractivity contribution in [1.29, 1.82) is 0 Å². The van der Waals surface area contributed by atoms with Crippen LogP contribution in [0.5, 0.6) is 0 Å². The number of hydrogen-bond donors (Lipinski definition) is 0. The van der Waals surface area contributed by atoms with Crippen molar-refractivity contribution in [3.63, 3.8) is 0 Å².